The summed E-state index contributed by atoms with van der Waals surface area (Å²) in [5.41, 5.74) is 2.03. The first-order valence-electron chi connectivity index (χ1n) is 11.4. The molecule has 39 heavy (non-hydrogen) atoms. The van der Waals surface area contributed by atoms with Gasteiger partial charge in [0.05, 0.1) is 18.4 Å². The van der Waals surface area contributed by atoms with Crippen LogP contribution in [0.4, 0.5) is 18.2 Å². The first-order valence-corrected chi connectivity index (χ1v) is 13.3. The van der Waals surface area contributed by atoms with Crippen LogP contribution in [0.5, 0.6) is 5.75 Å². The number of aryl methyl sites for hydroxylation is 1. The Morgan fingerprint density at radius 3 is 2.56 bits per heavy atom. The Kier molecular flexibility index (Phi) is 8.60. The zero-order valence-electron chi connectivity index (χ0n) is 21.0. The number of ether oxygens (including phenoxy) is 2. The molecule has 0 bridgehead atoms. The van der Waals surface area contributed by atoms with Crippen molar-refractivity contribution in [3.05, 3.63) is 76.4 Å². The van der Waals surface area contributed by atoms with E-state index >= 15 is 0 Å². The van der Waals surface area contributed by atoms with Gasteiger partial charge in [0.25, 0.3) is 0 Å². The summed E-state index contributed by atoms with van der Waals surface area (Å²) in [4.78, 5) is 25.3. The van der Waals surface area contributed by atoms with Crippen molar-refractivity contribution in [1.29, 1.82) is 0 Å². The minimum absolute atomic E-state index is 0.0289. The normalized spacial score (nSPS) is 11.3. The van der Waals surface area contributed by atoms with E-state index in [0.29, 0.717) is 21.5 Å². The molecule has 2 aromatic carbocycles. The van der Waals surface area contributed by atoms with E-state index in [1.807, 2.05) is 31.2 Å². The molecule has 0 radical (unpaired) electrons. The molecule has 1 amide bonds. The number of halogens is 3. The van der Waals surface area contributed by atoms with Gasteiger partial charge in [0.1, 0.15) is 22.9 Å². The van der Waals surface area contributed by atoms with Gasteiger partial charge < -0.3 is 19.4 Å². The number of carbonyl (C=O) groups is 2. The number of aromatic nitrogens is 3. The summed E-state index contributed by atoms with van der Waals surface area (Å²) in [5, 5.41) is 13.4. The van der Waals surface area contributed by atoms with Crippen LogP contribution >= 0.6 is 23.1 Å². The van der Waals surface area contributed by atoms with Gasteiger partial charge in [0.15, 0.2) is 11.0 Å². The molecule has 204 valence electrons. The van der Waals surface area contributed by atoms with Gasteiger partial charge >= 0.3 is 12.1 Å². The molecule has 2 heterocycles. The van der Waals surface area contributed by atoms with E-state index in [9.17, 15) is 22.8 Å². The van der Waals surface area contributed by atoms with Gasteiger partial charge in [-0.25, -0.2) is 4.79 Å². The molecule has 1 N–H and O–H groups in total. The zero-order valence-corrected chi connectivity index (χ0v) is 22.7. The van der Waals surface area contributed by atoms with Gasteiger partial charge in [-0.2, -0.15) is 13.2 Å². The Morgan fingerprint density at radius 1 is 1.13 bits per heavy atom. The lowest BCUT2D eigenvalue weighted by Gasteiger charge is -2.10. The number of nitrogens with zero attached hydrogens (tertiary/aromatic N) is 3. The fraction of sp³-hybridized carbons (Fsp3) is 0.231. The first-order chi connectivity index (χ1) is 18.6. The molecule has 4 aromatic rings. The lowest BCUT2D eigenvalue weighted by molar-refractivity contribution is -0.137. The summed E-state index contributed by atoms with van der Waals surface area (Å²) in [5.74, 6) is -0.549. The van der Waals surface area contributed by atoms with Crippen molar-refractivity contribution in [2.24, 2.45) is 7.05 Å². The summed E-state index contributed by atoms with van der Waals surface area (Å²) in [6.45, 7) is 1.85. The molecule has 13 heteroatoms. The average molecular weight is 577 g/mol. The molecule has 0 unspecified atom stereocenters. The molecule has 0 aliphatic heterocycles. The molecule has 2 aromatic heterocycles. The number of methoxy groups -OCH3 is 1. The molecule has 0 saturated carbocycles. The van der Waals surface area contributed by atoms with Gasteiger partial charge in [0.2, 0.25) is 5.91 Å². The Bertz CT molecular complexity index is 1480. The lowest BCUT2D eigenvalue weighted by Crippen LogP contribution is -2.16. The highest BCUT2D eigenvalue weighted by Gasteiger charge is 2.30. The van der Waals surface area contributed by atoms with E-state index in [1.165, 1.54) is 30.6 Å². The SMILES string of the molecule is COC(=O)c1c(-c2ccc(C)cc2)csc1NC(=O)CSc1nnc(COc2cccc(C(F)(F)F)c2)n1C. The van der Waals surface area contributed by atoms with Gasteiger partial charge in [-0.05, 0) is 30.7 Å². The molecule has 0 fully saturated rings. The monoisotopic (exact) mass is 576 g/mol. The fourth-order valence-corrected chi connectivity index (χ4v) is 5.20. The largest absolute Gasteiger partial charge is 0.486 e. The molecule has 0 aliphatic carbocycles. The third kappa shape index (κ3) is 6.79. The highest BCUT2D eigenvalue weighted by molar-refractivity contribution is 7.99. The molecule has 0 saturated heterocycles. The number of hydrogen-bond donors (Lipinski definition) is 1. The third-order valence-electron chi connectivity index (χ3n) is 5.58. The minimum Gasteiger partial charge on any atom is -0.486 e. The lowest BCUT2D eigenvalue weighted by atomic mass is 10.0. The predicted molar refractivity (Wildman–Crippen MR) is 142 cm³/mol. The van der Waals surface area contributed by atoms with Crippen molar-refractivity contribution in [2.45, 2.75) is 24.9 Å². The van der Waals surface area contributed by atoms with Gasteiger partial charge in [0, 0.05) is 18.0 Å². The minimum atomic E-state index is -4.47. The van der Waals surface area contributed by atoms with Crippen LogP contribution < -0.4 is 10.1 Å². The van der Waals surface area contributed by atoms with Crippen LogP contribution in [0.3, 0.4) is 0 Å². The first kappa shape index (κ1) is 28.2. The molecule has 4 rings (SSSR count). The molecular weight excluding hydrogens is 553 g/mol. The summed E-state index contributed by atoms with van der Waals surface area (Å²) < 4.78 is 50.8. The second-order valence-electron chi connectivity index (χ2n) is 8.32. The van der Waals surface area contributed by atoms with Crippen molar-refractivity contribution in [3.63, 3.8) is 0 Å². The quantitative estimate of drug-likeness (QED) is 0.194. The molecule has 0 spiro atoms. The highest BCUT2D eigenvalue weighted by Crippen LogP contribution is 2.36. The van der Waals surface area contributed by atoms with Crippen molar-refractivity contribution in [1.82, 2.24) is 14.8 Å². The van der Waals surface area contributed by atoms with E-state index in [0.717, 1.165) is 35.0 Å². The Hall–Kier alpha value is -3.84. The molecule has 0 atom stereocenters. The number of carbonyl (C=O) groups excluding carboxylic acids is 2. The number of amides is 1. The number of hydrogen-bond acceptors (Lipinski definition) is 8. The van der Waals surface area contributed by atoms with E-state index in [4.69, 9.17) is 9.47 Å². The highest BCUT2D eigenvalue weighted by atomic mass is 32.2. The van der Waals surface area contributed by atoms with E-state index in [-0.39, 0.29) is 29.6 Å². The topological polar surface area (TPSA) is 95.3 Å². The van der Waals surface area contributed by atoms with Crippen molar-refractivity contribution >= 4 is 40.0 Å². The van der Waals surface area contributed by atoms with E-state index < -0.39 is 17.7 Å². The second-order valence-corrected chi connectivity index (χ2v) is 10.1. The van der Waals surface area contributed by atoms with Crippen LogP contribution in [-0.4, -0.2) is 39.5 Å². The van der Waals surface area contributed by atoms with Crippen LogP contribution in [0.2, 0.25) is 0 Å². The Balaban J connectivity index is 1.39. The van der Waals surface area contributed by atoms with Crippen molar-refractivity contribution in [3.8, 4) is 16.9 Å². The van der Waals surface area contributed by atoms with Gasteiger partial charge in [-0.1, -0.05) is 47.7 Å². The summed E-state index contributed by atoms with van der Waals surface area (Å²) in [6.07, 6.45) is -4.47. The van der Waals surface area contributed by atoms with Crippen LogP contribution in [0, 0.1) is 6.92 Å². The number of benzene rings is 2. The van der Waals surface area contributed by atoms with Gasteiger partial charge in [-0.3, -0.25) is 4.79 Å². The van der Waals surface area contributed by atoms with Crippen molar-refractivity contribution < 1.29 is 32.2 Å². The number of nitrogens with one attached hydrogen (secondary N) is 1. The predicted octanol–water partition coefficient (Wildman–Crippen LogP) is 5.97. The van der Waals surface area contributed by atoms with Gasteiger partial charge in [-0.15, -0.1) is 21.5 Å². The smallest absolute Gasteiger partial charge is 0.416 e. The molecule has 0 aliphatic rings. The number of esters is 1. The Labute approximate surface area is 230 Å². The van der Waals surface area contributed by atoms with E-state index in [2.05, 4.69) is 15.5 Å². The maximum Gasteiger partial charge on any atom is 0.416 e. The number of anilines is 1. The third-order valence-corrected chi connectivity index (χ3v) is 7.50. The van der Waals surface area contributed by atoms with Crippen LogP contribution in [0.1, 0.15) is 27.3 Å². The summed E-state index contributed by atoms with van der Waals surface area (Å²) in [6, 6.07) is 12.2. The van der Waals surface area contributed by atoms with Crippen LogP contribution in [0.15, 0.2) is 59.1 Å². The maximum atomic E-state index is 12.9. The maximum absolute atomic E-state index is 12.9. The van der Waals surface area contributed by atoms with Crippen molar-refractivity contribution in [2.75, 3.05) is 18.2 Å². The number of alkyl halides is 3. The fourth-order valence-electron chi connectivity index (χ4n) is 3.50. The standard InChI is InChI=1S/C26H23F3N4O4S2/c1-15-7-9-16(10-8-15)19-13-38-23(22(19)24(35)36-3)30-21(34)14-39-25-32-31-20(33(25)2)12-37-18-6-4-5-17(11-18)26(27,28)29/h4-11,13H,12,14H2,1-3H3,(H,30,34). The number of thiophene rings is 1. The Morgan fingerprint density at radius 2 is 1.87 bits per heavy atom. The van der Waals surface area contributed by atoms with Crippen LogP contribution in [-0.2, 0) is 29.4 Å². The number of thioether (sulfide) groups is 1. The summed E-state index contributed by atoms with van der Waals surface area (Å²) in [7, 11) is 2.94. The summed E-state index contributed by atoms with van der Waals surface area (Å²) >= 11 is 2.33. The molecule has 8 nitrogen and oxygen atoms in total. The molecular formula is C26H23F3N4O4S2. The average Bonchev–Trinajstić information content (AvgIpc) is 3.48. The van der Waals surface area contributed by atoms with Crippen LogP contribution in [0.25, 0.3) is 11.1 Å². The number of rotatable bonds is 9. The second kappa shape index (κ2) is 11.9. The zero-order chi connectivity index (χ0) is 28.2. The van der Waals surface area contributed by atoms with E-state index in [1.54, 1.807) is 17.0 Å².